The molecule has 0 aliphatic carbocycles. The summed E-state index contributed by atoms with van der Waals surface area (Å²) < 4.78 is 10.7. The molecule has 0 spiro atoms. The number of urea groups is 1. The maximum absolute atomic E-state index is 12.1. The number of nitrogens with one attached hydrogen (secondary N) is 2. The zero-order chi connectivity index (χ0) is 16.1. The van der Waals surface area contributed by atoms with Crippen molar-refractivity contribution in [2.24, 2.45) is 0 Å². The normalized spacial score (nSPS) is 10.5. The van der Waals surface area contributed by atoms with E-state index < -0.39 is 0 Å². The number of amides is 2. The molecule has 0 saturated heterocycles. The topological polar surface area (TPSA) is 76.4 Å². The number of benzene rings is 2. The Balaban J connectivity index is 1.64. The molecule has 0 aliphatic heterocycles. The van der Waals surface area contributed by atoms with E-state index in [4.69, 9.17) is 9.26 Å². The Labute approximate surface area is 133 Å². The molecule has 6 heteroatoms. The van der Waals surface area contributed by atoms with Gasteiger partial charge in [0.1, 0.15) is 11.4 Å². The van der Waals surface area contributed by atoms with E-state index in [0.717, 1.165) is 5.39 Å². The minimum absolute atomic E-state index is 0.277. The third-order valence-corrected chi connectivity index (χ3v) is 3.30. The average Bonchev–Trinajstić information content (AvgIpc) is 2.98. The molecular formula is C17H17N3O3. The Kier molecular flexibility index (Phi) is 4.42. The molecule has 0 atom stereocenters. The van der Waals surface area contributed by atoms with Crippen LogP contribution in [0.4, 0.5) is 10.5 Å². The number of anilines is 1. The number of nitrogens with zero attached hydrogens (tertiary/aromatic N) is 1. The molecule has 118 valence electrons. The van der Waals surface area contributed by atoms with Gasteiger partial charge in [0.25, 0.3) is 0 Å². The fourth-order valence-electron chi connectivity index (χ4n) is 2.25. The van der Waals surface area contributed by atoms with Crippen molar-refractivity contribution in [1.29, 1.82) is 0 Å². The van der Waals surface area contributed by atoms with Crippen LogP contribution in [0.5, 0.6) is 5.75 Å². The first-order valence-electron chi connectivity index (χ1n) is 7.38. The quantitative estimate of drug-likeness (QED) is 0.755. The van der Waals surface area contributed by atoms with Crippen LogP contribution in [0.1, 0.15) is 12.6 Å². The highest BCUT2D eigenvalue weighted by atomic mass is 16.5. The fourth-order valence-corrected chi connectivity index (χ4v) is 2.25. The molecule has 1 aromatic heterocycles. The van der Waals surface area contributed by atoms with Gasteiger partial charge in [0.2, 0.25) is 0 Å². The van der Waals surface area contributed by atoms with Gasteiger partial charge >= 0.3 is 6.03 Å². The van der Waals surface area contributed by atoms with Crippen molar-refractivity contribution in [2.75, 3.05) is 11.9 Å². The lowest BCUT2D eigenvalue weighted by molar-refractivity contribution is 0.251. The molecule has 0 radical (unpaired) electrons. The maximum atomic E-state index is 12.1. The molecular weight excluding hydrogens is 294 g/mol. The van der Waals surface area contributed by atoms with E-state index >= 15 is 0 Å². The molecule has 23 heavy (non-hydrogen) atoms. The van der Waals surface area contributed by atoms with Gasteiger partial charge in [0, 0.05) is 5.39 Å². The fraction of sp³-hybridized carbons (Fsp3) is 0.176. The van der Waals surface area contributed by atoms with E-state index in [1.807, 2.05) is 49.4 Å². The van der Waals surface area contributed by atoms with Crippen molar-refractivity contribution in [1.82, 2.24) is 10.5 Å². The zero-order valence-electron chi connectivity index (χ0n) is 12.7. The second kappa shape index (κ2) is 6.83. The lowest BCUT2D eigenvalue weighted by atomic mass is 10.2. The highest BCUT2D eigenvalue weighted by Crippen LogP contribution is 2.23. The minimum Gasteiger partial charge on any atom is -0.492 e. The summed E-state index contributed by atoms with van der Waals surface area (Å²) in [7, 11) is 0. The third-order valence-electron chi connectivity index (χ3n) is 3.30. The van der Waals surface area contributed by atoms with Gasteiger partial charge in [-0.15, -0.1) is 0 Å². The third kappa shape index (κ3) is 3.42. The highest BCUT2D eigenvalue weighted by Gasteiger charge is 2.10. The van der Waals surface area contributed by atoms with Gasteiger partial charge in [0.05, 0.1) is 18.8 Å². The minimum atomic E-state index is -0.329. The van der Waals surface area contributed by atoms with Crippen LogP contribution in [0.25, 0.3) is 11.0 Å². The van der Waals surface area contributed by atoms with Crippen LogP contribution in [-0.2, 0) is 6.54 Å². The Bertz CT molecular complexity index is 813. The summed E-state index contributed by atoms with van der Waals surface area (Å²) >= 11 is 0. The molecule has 0 fully saturated rings. The Hall–Kier alpha value is -3.02. The Morgan fingerprint density at radius 2 is 1.96 bits per heavy atom. The molecule has 0 bridgehead atoms. The van der Waals surface area contributed by atoms with E-state index in [2.05, 4.69) is 15.8 Å². The number of aromatic nitrogens is 1. The molecule has 0 saturated carbocycles. The van der Waals surface area contributed by atoms with Crippen LogP contribution in [-0.4, -0.2) is 17.8 Å². The second-order valence-corrected chi connectivity index (χ2v) is 4.86. The highest BCUT2D eigenvalue weighted by molar-refractivity contribution is 5.91. The van der Waals surface area contributed by atoms with Crippen LogP contribution in [0.2, 0.25) is 0 Å². The molecule has 1 heterocycles. The SMILES string of the molecule is CCOc1ccccc1NC(=O)NCc1noc2ccccc12. The van der Waals surface area contributed by atoms with Crippen molar-refractivity contribution < 1.29 is 14.1 Å². The molecule has 3 aromatic rings. The first kappa shape index (κ1) is 14.9. The number of carbonyl (C=O) groups is 1. The summed E-state index contributed by atoms with van der Waals surface area (Å²) in [6, 6.07) is 14.5. The summed E-state index contributed by atoms with van der Waals surface area (Å²) in [5, 5.41) is 10.4. The number of rotatable bonds is 5. The van der Waals surface area contributed by atoms with E-state index in [1.165, 1.54) is 0 Å². The molecule has 2 amide bonds. The Morgan fingerprint density at radius 1 is 1.17 bits per heavy atom. The predicted octanol–water partition coefficient (Wildman–Crippen LogP) is 3.55. The summed E-state index contributed by atoms with van der Waals surface area (Å²) in [6.45, 7) is 2.71. The molecule has 6 nitrogen and oxygen atoms in total. The summed E-state index contributed by atoms with van der Waals surface area (Å²) in [6.07, 6.45) is 0. The van der Waals surface area contributed by atoms with E-state index in [-0.39, 0.29) is 12.6 Å². The predicted molar refractivity (Wildman–Crippen MR) is 87.5 cm³/mol. The lowest BCUT2D eigenvalue weighted by Crippen LogP contribution is -2.28. The lowest BCUT2D eigenvalue weighted by Gasteiger charge is -2.11. The summed E-state index contributed by atoms with van der Waals surface area (Å²) in [5.74, 6) is 0.636. The molecule has 0 aliphatic rings. The maximum Gasteiger partial charge on any atom is 0.319 e. The van der Waals surface area contributed by atoms with Gasteiger partial charge in [-0.2, -0.15) is 0 Å². The van der Waals surface area contributed by atoms with E-state index in [9.17, 15) is 4.79 Å². The van der Waals surface area contributed by atoms with Gasteiger partial charge in [-0.05, 0) is 31.2 Å². The number of para-hydroxylation sites is 3. The van der Waals surface area contributed by atoms with Crippen LogP contribution in [0.15, 0.2) is 53.1 Å². The van der Waals surface area contributed by atoms with Crippen LogP contribution in [0, 0.1) is 0 Å². The largest absolute Gasteiger partial charge is 0.492 e. The average molecular weight is 311 g/mol. The smallest absolute Gasteiger partial charge is 0.319 e. The van der Waals surface area contributed by atoms with Crippen LogP contribution < -0.4 is 15.4 Å². The van der Waals surface area contributed by atoms with Crippen molar-refractivity contribution in [3.05, 3.63) is 54.2 Å². The number of carbonyl (C=O) groups excluding carboxylic acids is 1. The van der Waals surface area contributed by atoms with Crippen molar-refractivity contribution in [3.63, 3.8) is 0 Å². The second-order valence-electron chi connectivity index (χ2n) is 4.86. The Morgan fingerprint density at radius 3 is 2.83 bits per heavy atom. The molecule has 3 rings (SSSR count). The monoisotopic (exact) mass is 311 g/mol. The summed E-state index contributed by atoms with van der Waals surface area (Å²) in [5.41, 5.74) is 2.01. The van der Waals surface area contributed by atoms with E-state index in [1.54, 1.807) is 6.07 Å². The van der Waals surface area contributed by atoms with Gasteiger partial charge < -0.3 is 19.9 Å². The number of hydrogen-bond acceptors (Lipinski definition) is 4. The first-order valence-corrected chi connectivity index (χ1v) is 7.38. The first-order chi connectivity index (χ1) is 11.3. The molecule has 2 N–H and O–H groups in total. The van der Waals surface area contributed by atoms with Crippen molar-refractivity contribution in [3.8, 4) is 5.75 Å². The number of fused-ring (bicyclic) bond motifs is 1. The van der Waals surface area contributed by atoms with Crippen LogP contribution >= 0.6 is 0 Å². The van der Waals surface area contributed by atoms with E-state index in [0.29, 0.717) is 29.3 Å². The number of hydrogen-bond donors (Lipinski definition) is 2. The molecule has 0 unspecified atom stereocenters. The standard InChI is InChI=1S/C17H17N3O3/c1-2-22-16-10-6-4-8-13(16)19-17(21)18-11-14-12-7-3-5-9-15(12)23-20-14/h3-10H,2,11H2,1H3,(H2,18,19,21). The van der Waals surface area contributed by atoms with Gasteiger partial charge in [-0.3, -0.25) is 0 Å². The number of ether oxygens (including phenoxy) is 1. The zero-order valence-corrected chi connectivity index (χ0v) is 12.7. The van der Waals surface area contributed by atoms with Gasteiger partial charge in [0.15, 0.2) is 5.58 Å². The van der Waals surface area contributed by atoms with Crippen molar-refractivity contribution >= 4 is 22.7 Å². The van der Waals surface area contributed by atoms with Crippen LogP contribution in [0.3, 0.4) is 0 Å². The van der Waals surface area contributed by atoms with Gasteiger partial charge in [-0.25, -0.2) is 4.79 Å². The van der Waals surface area contributed by atoms with Crippen molar-refractivity contribution in [2.45, 2.75) is 13.5 Å². The van der Waals surface area contributed by atoms with Gasteiger partial charge in [-0.1, -0.05) is 29.4 Å². The summed E-state index contributed by atoms with van der Waals surface area (Å²) in [4.78, 5) is 12.1. The molecule has 2 aromatic carbocycles.